The molecular weight excluding hydrogens is 178 g/mol. The van der Waals surface area contributed by atoms with Crippen LogP contribution in [-0.4, -0.2) is 18.1 Å². The lowest BCUT2D eigenvalue weighted by Crippen LogP contribution is -2.31. The lowest BCUT2D eigenvalue weighted by Gasteiger charge is -2.15. The number of rotatable bonds is 1. The van der Waals surface area contributed by atoms with E-state index in [-0.39, 0.29) is 18.0 Å². The van der Waals surface area contributed by atoms with Crippen LogP contribution in [0.25, 0.3) is 0 Å². The van der Waals surface area contributed by atoms with Crippen LogP contribution in [0.2, 0.25) is 0 Å². The van der Waals surface area contributed by atoms with Gasteiger partial charge in [0, 0.05) is 5.92 Å². The fourth-order valence-electron chi connectivity index (χ4n) is 1.93. The first-order chi connectivity index (χ1) is 6.70. The summed E-state index contributed by atoms with van der Waals surface area (Å²) < 4.78 is 5.08. The molecule has 2 rings (SSSR count). The SMILES string of the molecule is C[C@H]1OC(=O)[C@@H](N)[C@@H]1c1ccccc1. The number of hydrogen-bond acceptors (Lipinski definition) is 3. The van der Waals surface area contributed by atoms with Crippen LogP contribution in [0.1, 0.15) is 18.4 Å². The minimum absolute atomic E-state index is 0.0105. The third-order valence-electron chi connectivity index (χ3n) is 2.65. The Morgan fingerprint density at radius 3 is 2.43 bits per heavy atom. The molecule has 1 aromatic carbocycles. The lowest BCUT2D eigenvalue weighted by atomic mass is 9.90. The van der Waals surface area contributed by atoms with Gasteiger partial charge >= 0.3 is 5.97 Å². The first kappa shape index (κ1) is 9.21. The number of esters is 1. The third kappa shape index (κ3) is 1.40. The van der Waals surface area contributed by atoms with Gasteiger partial charge in [-0.05, 0) is 12.5 Å². The van der Waals surface area contributed by atoms with E-state index in [4.69, 9.17) is 10.5 Å². The number of hydrogen-bond donors (Lipinski definition) is 1. The zero-order valence-corrected chi connectivity index (χ0v) is 8.01. The monoisotopic (exact) mass is 191 g/mol. The van der Waals surface area contributed by atoms with Gasteiger partial charge in [0.05, 0.1) is 0 Å². The van der Waals surface area contributed by atoms with Crippen LogP contribution in [0.4, 0.5) is 0 Å². The Hall–Kier alpha value is -1.35. The summed E-state index contributed by atoms with van der Waals surface area (Å²) in [6, 6.07) is 9.26. The maximum Gasteiger partial charge on any atom is 0.323 e. The average molecular weight is 191 g/mol. The molecule has 0 radical (unpaired) electrons. The maximum atomic E-state index is 11.2. The van der Waals surface area contributed by atoms with Crippen LogP contribution in [0.3, 0.4) is 0 Å². The van der Waals surface area contributed by atoms with E-state index >= 15 is 0 Å². The molecule has 1 fully saturated rings. The summed E-state index contributed by atoms with van der Waals surface area (Å²) in [7, 11) is 0. The normalized spacial score (nSPS) is 31.6. The molecule has 14 heavy (non-hydrogen) atoms. The highest BCUT2D eigenvalue weighted by atomic mass is 16.6. The van der Waals surface area contributed by atoms with Crippen LogP contribution >= 0.6 is 0 Å². The Bertz CT molecular complexity index is 336. The van der Waals surface area contributed by atoms with Crippen molar-refractivity contribution < 1.29 is 9.53 Å². The molecule has 0 amide bonds. The molecular formula is C11H13NO2. The van der Waals surface area contributed by atoms with Crippen molar-refractivity contribution in [2.75, 3.05) is 0 Å². The topological polar surface area (TPSA) is 52.3 Å². The number of carbonyl (C=O) groups excluding carboxylic acids is 1. The van der Waals surface area contributed by atoms with Crippen molar-refractivity contribution in [2.45, 2.75) is 25.0 Å². The molecule has 3 heteroatoms. The zero-order valence-electron chi connectivity index (χ0n) is 8.01. The van der Waals surface area contributed by atoms with Crippen LogP contribution in [0.15, 0.2) is 30.3 Å². The molecule has 0 spiro atoms. The van der Waals surface area contributed by atoms with Gasteiger partial charge in [-0.15, -0.1) is 0 Å². The highest BCUT2D eigenvalue weighted by Gasteiger charge is 2.40. The minimum Gasteiger partial charge on any atom is -0.461 e. The van der Waals surface area contributed by atoms with Crippen molar-refractivity contribution in [3.8, 4) is 0 Å². The van der Waals surface area contributed by atoms with Gasteiger partial charge in [-0.3, -0.25) is 4.79 Å². The summed E-state index contributed by atoms with van der Waals surface area (Å²) in [5.41, 5.74) is 6.84. The summed E-state index contributed by atoms with van der Waals surface area (Å²) in [6.07, 6.45) is -0.125. The fourth-order valence-corrected chi connectivity index (χ4v) is 1.93. The Kier molecular flexibility index (Phi) is 2.25. The van der Waals surface area contributed by atoms with Crippen LogP contribution in [-0.2, 0) is 9.53 Å². The molecule has 1 saturated heterocycles. The Balaban J connectivity index is 2.31. The second-order valence-corrected chi connectivity index (χ2v) is 3.60. The van der Waals surface area contributed by atoms with Gasteiger partial charge < -0.3 is 10.5 Å². The molecule has 0 saturated carbocycles. The standard InChI is InChI=1S/C11H13NO2/c1-7-9(10(12)11(13)14-7)8-5-3-2-4-6-8/h2-7,9-10H,12H2,1H3/t7-,9+,10+/m1/s1. The van der Waals surface area contributed by atoms with Gasteiger partial charge in [-0.25, -0.2) is 0 Å². The Morgan fingerprint density at radius 1 is 1.29 bits per heavy atom. The van der Waals surface area contributed by atoms with Crippen LogP contribution in [0.5, 0.6) is 0 Å². The highest BCUT2D eigenvalue weighted by Crippen LogP contribution is 2.30. The fraction of sp³-hybridized carbons (Fsp3) is 0.364. The largest absolute Gasteiger partial charge is 0.461 e. The molecule has 2 N–H and O–H groups in total. The highest BCUT2D eigenvalue weighted by molar-refractivity contribution is 5.79. The summed E-state index contributed by atoms with van der Waals surface area (Å²) >= 11 is 0. The number of ether oxygens (including phenoxy) is 1. The van der Waals surface area contributed by atoms with Gasteiger partial charge in [0.15, 0.2) is 0 Å². The van der Waals surface area contributed by atoms with E-state index in [0.717, 1.165) is 5.56 Å². The van der Waals surface area contributed by atoms with Crippen molar-refractivity contribution in [3.05, 3.63) is 35.9 Å². The molecule has 0 unspecified atom stereocenters. The predicted molar refractivity (Wildman–Crippen MR) is 52.7 cm³/mol. The molecule has 0 aromatic heterocycles. The van der Waals surface area contributed by atoms with E-state index in [1.165, 1.54) is 0 Å². The van der Waals surface area contributed by atoms with Gasteiger partial charge in [0.25, 0.3) is 0 Å². The van der Waals surface area contributed by atoms with Crippen LogP contribution < -0.4 is 5.73 Å². The molecule has 3 nitrogen and oxygen atoms in total. The summed E-state index contributed by atoms with van der Waals surface area (Å²) in [4.78, 5) is 11.2. The number of cyclic esters (lactones) is 1. The minimum atomic E-state index is -0.521. The molecule has 0 aliphatic carbocycles. The van der Waals surface area contributed by atoms with Gasteiger partial charge in [-0.2, -0.15) is 0 Å². The van der Waals surface area contributed by atoms with E-state index in [1.807, 2.05) is 37.3 Å². The third-order valence-corrected chi connectivity index (χ3v) is 2.65. The summed E-state index contributed by atoms with van der Waals surface area (Å²) in [6.45, 7) is 1.88. The van der Waals surface area contributed by atoms with Gasteiger partial charge in [-0.1, -0.05) is 30.3 Å². The second-order valence-electron chi connectivity index (χ2n) is 3.60. The van der Waals surface area contributed by atoms with E-state index in [9.17, 15) is 4.79 Å². The van der Waals surface area contributed by atoms with Crippen molar-refractivity contribution in [3.63, 3.8) is 0 Å². The zero-order chi connectivity index (χ0) is 10.1. The molecule has 3 atom stereocenters. The van der Waals surface area contributed by atoms with Gasteiger partial charge in [0.2, 0.25) is 0 Å². The van der Waals surface area contributed by atoms with Crippen LogP contribution in [0, 0.1) is 0 Å². The second kappa shape index (κ2) is 3.42. The molecule has 1 heterocycles. The number of carbonyl (C=O) groups is 1. The van der Waals surface area contributed by atoms with Gasteiger partial charge in [0.1, 0.15) is 12.1 Å². The average Bonchev–Trinajstić information content (AvgIpc) is 2.43. The molecule has 1 aliphatic rings. The Labute approximate surface area is 82.9 Å². The summed E-state index contributed by atoms with van der Waals surface area (Å²) in [5, 5.41) is 0. The lowest BCUT2D eigenvalue weighted by molar-refractivity contribution is -0.141. The van der Waals surface area contributed by atoms with Crippen molar-refractivity contribution in [2.24, 2.45) is 5.73 Å². The first-order valence-corrected chi connectivity index (χ1v) is 4.71. The van der Waals surface area contributed by atoms with Crippen molar-refractivity contribution in [1.82, 2.24) is 0 Å². The Morgan fingerprint density at radius 2 is 1.93 bits per heavy atom. The molecule has 1 aliphatic heterocycles. The molecule has 74 valence electrons. The quantitative estimate of drug-likeness (QED) is 0.675. The van der Waals surface area contributed by atoms with Crippen molar-refractivity contribution >= 4 is 5.97 Å². The summed E-state index contributed by atoms with van der Waals surface area (Å²) in [5.74, 6) is -0.310. The predicted octanol–water partition coefficient (Wildman–Crippen LogP) is 1.04. The van der Waals surface area contributed by atoms with E-state index in [2.05, 4.69) is 0 Å². The first-order valence-electron chi connectivity index (χ1n) is 4.71. The van der Waals surface area contributed by atoms with E-state index in [0.29, 0.717) is 0 Å². The molecule has 0 bridgehead atoms. The molecule has 1 aromatic rings. The van der Waals surface area contributed by atoms with Crippen molar-refractivity contribution in [1.29, 1.82) is 0 Å². The maximum absolute atomic E-state index is 11.2. The number of benzene rings is 1. The van der Waals surface area contributed by atoms with E-state index < -0.39 is 6.04 Å². The van der Waals surface area contributed by atoms with E-state index in [1.54, 1.807) is 0 Å². The smallest absolute Gasteiger partial charge is 0.323 e. The number of nitrogens with two attached hydrogens (primary N) is 1.